The summed E-state index contributed by atoms with van der Waals surface area (Å²) >= 11 is 0. The Balaban J connectivity index is 1.54. The van der Waals surface area contributed by atoms with E-state index in [0.717, 1.165) is 37.1 Å². The lowest BCUT2D eigenvalue weighted by atomic mass is 9.86. The third kappa shape index (κ3) is 3.26. The van der Waals surface area contributed by atoms with Crippen molar-refractivity contribution in [2.24, 2.45) is 7.05 Å². The van der Waals surface area contributed by atoms with Crippen molar-refractivity contribution in [3.8, 4) is 0 Å². The smallest absolute Gasteiger partial charge is 0.254 e. The third-order valence-electron chi connectivity index (χ3n) is 5.76. The van der Waals surface area contributed by atoms with Gasteiger partial charge in [-0.3, -0.25) is 4.79 Å². The number of benzene rings is 1. The molecule has 1 unspecified atom stereocenters. The number of carbonyl (C=O) groups excluding carboxylic acids is 1. The lowest BCUT2D eigenvalue weighted by Gasteiger charge is -2.39. The summed E-state index contributed by atoms with van der Waals surface area (Å²) in [6, 6.07) is 6.09. The van der Waals surface area contributed by atoms with Crippen LogP contribution in [0.3, 0.4) is 0 Å². The minimum absolute atomic E-state index is 0.0554. The number of aryl methyl sites for hydroxylation is 2. The zero-order valence-corrected chi connectivity index (χ0v) is 15.3. The number of aliphatic hydroxyl groups is 1. The number of aromatic nitrogens is 3. The Morgan fingerprint density at radius 3 is 2.92 bits per heavy atom. The second-order valence-corrected chi connectivity index (χ2v) is 7.74. The van der Waals surface area contributed by atoms with E-state index >= 15 is 0 Å². The summed E-state index contributed by atoms with van der Waals surface area (Å²) in [5.41, 5.74) is 2.41. The number of rotatable bonds is 3. The molecule has 0 radical (unpaired) electrons. The standard InChI is InChI=1S/C20H26N4O2/c1-23-14-21-22-18(23)12-20(26)10-5-11-24(13-20)19(25)17-9-4-7-15-6-2-3-8-16(15)17/h4,7,9,14,26H,2-3,5-6,8,10-13H2,1H3. The highest BCUT2D eigenvalue weighted by atomic mass is 16.3. The summed E-state index contributed by atoms with van der Waals surface area (Å²) in [7, 11) is 1.88. The van der Waals surface area contributed by atoms with Crippen molar-refractivity contribution < 1.29 is 9.90 Å². The quantitative estimate of drug-likeness (QED) is 0.914. The number of fused-ring (bicyclic) bond motifs is 1. The molecule has 6 nitrogen and oxygen atoms in total. The van der Waals surface area contributed by atoms with Crippen LogP contribution >= 0.6 is 0 Å². The van der Waals surface area contributed by atoms with Gasteiger partial charge in [0.15, 0.2) is 0 Å². The molecule has 1 aliphatic heterocycles. The molecular weight excluding hydrogens is 328 g/mol. The molecule has 2 aliphatic rings. The van der Waals surface area contributed by atoms with Gasteiger partial charge in [-0.15, -0.1) is 10.2 Å². The van der Waals surface area contributed by atoms with Gasteiger partial charge < -0.3 is 14.6 Å². The van der Waals surface area contributed by atoms with E-state index in [1.165, 1.54) is 17.5 Å². The van der Waals surface area contributed by atoms with Gasteiger partial charge in [0.2, 0.25) is 0 Å². The molecule has 4 rings (SSSR count). The van der Waals surface area contributed by atoms with Crippen LogP contribution in [0.2, 0.25) is 0 Å². The zero-order valence-electron chi connectivity index (χ0n) is 15.3. The van der Waals surface area contributed by atoms with E-state index in [9.17, 15) is 9.90 Å². The van der Waals surface area contributed by atoms with Crippen molar-refractivity contribution in [3.05, 3.63) is 47.0 Å². The molecule has 1 N–H and O–H groups in total. The Kier molecular flexibility index (Phi) is 4.53. The molecule has 1 amide bonds. The summed E-state index contributed by atoms with van der Waals surface area (Å²) < 4.78 is 1.83. The molecule has 6 heteroatoms. The average molecular weight is 354 g/mol. The Morgan fingerprint density at radius 2 is 2.12 bits per heavy atom. The first-order valence-electron chi connectivity index (χ1n) is 9.51. The summed E-state index contributed by atoms with van der Waals surface area (Å²) in [5, 5.41) is 19.1. The topological polar surface area (TPSA) is 71.2 Å². The van der Waals surface area contributed by atoms with Crippen LogP contribution in [0.4, 0.5) is 0 Å². The first kappa shape index (κ1) is 17.2. The minimum Gasteiger partial charge on any atom is -0.388 e. The normalized spacial score (nSPS) is 22.9. The highest BCUT2D eigenvalue weighted by Crippen LogP contribution is 2.29. The van der Waals surface area contributed by atoms with Gasteiger partial charge in [-0.25, -0.2) is 0 Å². The van der Waals surface area contributed by atoms with Crippen LogP contribution in [0.25, 0.3) is 0 Å². The maximum Gasteiger partial charge on any atom is 0.254 e. The monoisotopic (exact) mass is 354 g/mol. The molecule has 1 aromatic carbocycles. The van der Waals surface area contributed by atoms with Gasteiger partial charge in [0.25, 0.3) is 5.91 Å². The van der Waals surface area contributed by atoms with Crippen molar-refractivity contribution in [3.63, 3.8) is 0 Å². The fourth-order valence-electron chi connectivity index (χ4n) is 4.34. The largest absolute Gasteiger partial charge is 0.388 e. The number of hydrogen-bond acceptors (Lipinski definition) is 4. The van der Waals surface area contributed by atoms with Crippen LogP contribution in [-0.4, -0.2) is 49.4 Å². The van der Waals surface area contributed by atoms with Crippen LogP contribution < -0.4 is 0 Å². The molecule has 1 saturated heterocycles. The van der Waals surface area contributed by atoms with E-state index < -0.39 is 5.60 Å². The lowest BCUT2D eigenvalue weighted by Crippen LogP contribution is -2.52. The number of carbonyl (C=O) groups is 1. The van der Waals surface area contributed by atoms with E-state index in [0.29, 0.717) is 25.9 Å². The van der Waals surface area contributed by atoms with Crippen molar-refractivity contribution >= 4 is 5.91 Å². The van der Waals surface area contributed by atoms with Gasteiger partial charge in [0.1, 0.15) is 12.2 Å². The van der Waals surface area contributed by atoms with Crippen LogP contribution in [0, 0.1) is 0 Å². The first-order valence-corrected chi connectivity index (χ1v) is 9.51. The van der Waals surface area contributed by atoms with Crippen molar-refractivity contribution in [1.29, 1.82) is 0 Å². The Hall–Kier alpha value is -2.21. The first-order chi connectivity index (χ1) is 12.6. The maximum absolute atomic E-state index is 13.2. The van der Waals surface area contributed by atoms with Gasteiger partial charge in [-0.2, -0.15) is 0 Å². The molecule has 0 bridgehead atoms. The van der Waals surface area contributed by atoms with Gasteiger partial charge >= 0.3 is 0 Å². The van der Waals surface area contributed by atoms with Crippen molar-refractivity contribution in [1.82, 2.24) is 19.7 Å². The number of nitrogens with zero attached hydrogens (tertiary/aromatic N) is 4. The Labute approximate surface area is 153 Å². The number of hydrogen-bond donors (Lipinski definition) is 1. The lowest BCUT2D eigenvalue weighted by molar-refractivity contribution is -0.0258. The number of β-amino-alcohol motifs (C(OH)–C–C–N with tert-alkyl or cyclic N) is 1. The summed E-state index contributed by atoms with van der Waals surface area (Å²) in [6.07, 6.45) is 7.92. The number of likely N-dealkylation sites (tertiary alicyclic amines) is 1. The van der Waals surface area contributed by atoms with Gasteiger partial charge in [-0.1, -0.05) is 12.1 Å². The van der Waals surface area contributed by atoms with E-state index in [2.05, 4.69) is 16.3 Å². The van der Waals surface area contributed by atoms with E-state index in [1.54, 1.807) is 6.33 Å². The minimum atomic E-state index is -0.941. The van der Waals surface area contributed by atoms with Crippen LogP contribution in [0.5, 0.6) is 0 Å². The van der Waals surface area contributed by atoms with E-state index in [-0.39, 0.29) is 5.91 Å². The molecule has 2 heterocycles. The fourth-order valence-corrected chi connectivity index (χ4v) is 4.34. The Bertz CT molecular complexity index is 816. The fraction of sp³-hybridized carbons (Fsp3) is 0.550. The highest BCUT2D eigenvalue weighted by molar-refractivity contribution is 5.96. The average Bonchev–Trinajstić information content (AvgIpc) is 3.04. The number of amides is 1. The van der Waals surface area contributed by atoms with E-state index in [1.807, 2.05) is 28.6 Å². The molecule has 1 aliphatic carbocycles. The van der Waals surface area contributed by atoms with Crippen molar-refractivity contribution in [2.75, 3.05) is 13.1 Å². The SMILES string of the molecule is Cn1cnnc1CC1(O)CCCN(C(=O)c2cccc3c2CCCC3)C1. The Morgan fingerprint density at radius 1 is 1.27 bits per heavy atom. The predicted molar refractivity (Wildman–Crippen MR) is 97.9 cm³/mol. The second kappa shape index (κ2) is 6.83. The molecule has 0 saturated carbocycles. The molecule has 2 aromatic rings. The molecule has 1 fully saturated rings. The molecule has 1 aromatic heterocycles. The van der Waals surface area contributed by atoms with E-state index in [4.69, 9.17) is 0 Å². The van der Waals surface area contributed by atoms with Gasteiger partial charge in [0, 0.05) is 25.6 Å². The van der Waals surface area contributed by atoms with Gasteiger partial charge in [0.05, 0.1) is 12.1 Å². The molecule has 26 heavy (non-hydrogen) atoms. The molecule has 0 spiro atoms. The van der Waals surface area contributed by atoms with Crippen LogP contribution in [0.15, 0.2) is 24.5 Å². The summed E-state index contributed by atoms with van der Waals surface area (Å²) in [6.45, 7) is 1.05. The zero-order chi connectivity index (χ0) is 18.1. The molecule has 138 valence electrons. The van der Waals surface area contributed by atoms with Crippen molar-refractivity contribution in [2.45, 2.75) is 50.5 Å². The molecular formula is C20H26N4O2. The summed E-state index contributed by atoms with van der Waals surface area (Å²) in [5.74, 6) is 0.804. The van der Waals surface area contributed by atoms with Gasteiger partial charge in [-0.05, 0) is 55.7 Å². The highest BCUT2D eigenvalue weighted by Gasteiger charge is 2.37. The maximum atomic E-state index is 13.2. The summed E-state index contributed by atoms with van der Waals surface area (Å²) in [4.78, 5) is 15.0. The second-order valence-electron chi connectivity index (χ2n) is 7.74. The number of piperidine rings is 1. The predicted octanol–water partition coefficient (Wildman–Crippen LogP) is 1.90. The third-order valence-corrected chi connectivity index (χ3v) is 5.76. The van der Waals surface area contributed by atoms with Crippen LogP contribution in [0.1, 0.15) is 53.0 Å². The van der Waals surface area contributed by atoms with Crippen LogP contribution in [-0.2, 0) is 26.3 Å². The molecule has 1 atom stereocenters.